The van der Waals surface area contributed by atoms with E-state index in [1.165, 1.54) is 19.3 Å². The van der Waals surface area contributed by atoms with Crippen LogP contribution in [0.15, 0.2) is 0 Å². The van der Waals surface area contributed by atoms with E-state index >= 15 is 0 Å². The van der Waals surface area contributed by atoms with Crippen LogP contribution in [0.4, 0.5) is 0 Å². The second-order valence-electron chi connectivity index (χ2n) is 4.97. The summed E-state index contributed by atoms with van der Waals surface area (Å²) in [7, 11) is -4.15. The van der Waals surface area contributed by atoms with Gasteiger partial charge in [0.15, 0.2) is 0 Å². The first-order valence-corrected chi connectivity index (χ1v) is 9.32. The van der Waals surface area contributed by atoms with Gasteiger partial charge in [-0.25, -0.2) is 0 Å². The van der Waals surface area contributed by atoms with Gasteiger partial charge in [0.25, 0.3) is 0 Å². The zero-order chi connectivity index (χ0) is 17.4. The van der Waals surface area contributed by atoms with Crippen molar-refractivity contribution >= 4 is 19.7 Å². The van der Waals surface area contributed by atoms with Crippen molar-refractivity contribution in [1.29, 1.82) is 0 Å². The number of carbonyl (C=O) groups excluding carboxylic acids is 3. The molecule has 0 aliphatic heterocycles. The number of hydrogen-bond acceptors (Lipinski definition) is 5. The van der Waals surface area contributed by atoms with Crippen LogP contribution in [0, 0.1) is 5.92 Å². The second kappa shape index (κ2) is 14.9. The maximum Gasteiger partial charge on any atom is 0.373 e. The minimum absolute atomic E-state index is 0.250. The Morgan fingerprint density at radius 3 is 2.05 bits per heavy atom. The number of ether oxygens (including phenoxy) is 1. The van der Waals surface area contributed by atoms with Crippen molar-refractivity contribution in [2.75, 3.05) is 12.8 Å². The highest BCUT2D eigenvalue weighted by molar-refractivity contribution is 7.51. The van der Waals surface area contributed by atoms with Crippen molar-refractivity contribution in [2.45, 2.75) is 58.8 Å². The number of hydrogen-bond donors (Lipinski definition) is 2. The average Bonchev–Trinajstić information content (AvgIpc) is 2.43. The molecule has 1 unspecified atom stereocenters. The lowest BCUT2D eigenvalue weighted by atomic mass is 10.1. The molecule has 0 radical (unpaired) electrons. The fourth-order valence-electron chi connectivity index (χ4n) is 1.83. The summed E-state index contributed by atoms with van der Waals surface area (Å²) in [5, 5.41) is 0. The van der Waals surface area contributed by atoms with Crippen molar-refractivity contribution in [3.63, 3.8) is 0 Å². The number of rotatable bonds is 11. The van der Waals surface area contributed by atoms with Crippen LogP contribution in [0.25, 0.3) is 0 Å². The molecule has 7 nitrogen and oxygen atoms in total. The Labute approximate surface area is 131 Å². The van der Waals surface area contributed by atoms with E-state index in [0.29, 0.717) is 13.0 Å². The van der Waals surface area contributed by atoms with Gasteiger partial charge in [-0.1, -0.05) is 46.0 Å². The van der Waals surface area contributed by atoms with Crippen LogP contribution >= 0.6 is 7.60 Å². The second-order valence-corrected chi connectivity index (χ2v) is 6.67. The Kier molecular flexibility index (Phi) is 15.8. The van der Waals surface area contributed by atoms with E-state index in [2.05, 4.69) is 6.92 Å². The van der Waals surface area contributed by atoms with E-state index in [0.717, 1.165) is 19.3 Å². The van der Waals surface area contributed by atoms with Crippen molar-refractivity contribution in [3.8, 4) is 0 Å². The van der Waals surface area contributed by atoms with Gasteiger partial charge in [-0.15, -0.1) is 0 Å². The first kappa shape index (κ1) is 23.3. The molecule has 0 spiro atoms. The standard InChI is InChI=1S/C13H27O5P.CO2/c1-3-5-6-7-8-9-10-18-13(14)12(4-2)11-19(15,16)17;2-1-3/h12H,3-11H2,1-2H3,(H2,15,16,17);. The lowest BCUT2D eigenvalue weighted by molar-refractivity contribution is -0.191. The molecule has 0 aromatic rings. The maximum absolute atomic E-state index is 11.6. The summed E-state index contributed by atoms with van der Waals surface area (Å²) in [5.74, 6) is -1.18. The third-order valence-corrected chi connectivity index (χ3v) is 3.94. The fourth-order valence-corrected chi connectivity index (χ4v) is 2.81. The van der Waals surface area contributed by atoms with Gasteiger partial charge >= 0.3 is 19.7 Å². The molecule has 0 fully saturated rings. The molecule has 0 aromatic heterocycles. The highest BCUT2D eigenvalue weighted by Crippen LogP contribution is 2.38. The zero-order valence-corrected chi connectivity index (χ0v) is 14.2. The Hall–Kier alpha value is -1.00. The summed E-state index contributed by atoms with van der Waals surface area (Å²) in [4.78, 5) is 45.6. The van der Waals surface area contributed by atoms with E-state index in [1.54, 1.807) is 6.92 Å². The fraction of sp³-hybridized carbons (Fsp3) is 0.857. The van der Waals surface area contributed by atoms with Crippen LogP contribution in [-0.2, 0) is 23.7 Å². The van der Waals surface area contributed by atoms with Gasteiger partial charge < -0.3 is 14.5 Å². The largest absolute Gasteiger partial charge is 0.465 e. The summed E-state index contributed by atoms with van der Waals surface area (Å²) < 4.78 is 15.9. The summed E-state index contributed by atoms with van der Waals surface area (Å²) >= 11 is 0. The topological polar surface area (TPSA) is 118 Å². The first-order chi connectivity index (χ1) is 10.3. The van der Waals surface area contributed by atoms with E-state index in [1.807, 2.05) is 0 Å². The highest BCUT2D eigenvalue weighted by atomic mass is 31.2. The number of unbranched alkanes of at least 4 members (excludes halogenated alkanes) is 5. The molecule has 1 atom stereocenters. The van der Waals surface area contributed by atoms with Gasteiger partial charge in [-0.2, -0.15) is 9.59 Å². The maximum atomic E-state index is 11.6. The molecule has 0 saturated carbocycles. The lowest BCUT2D eigenvalue weighted by Gasteiger charge is -2.14. The molecular weight excluding hydrogens is 311 g/mol. The molecule has 22 heavy (non-hydrogen) atoms. The molecular formula is C14H27O7P. The normalized spacial score (nSPS) is 11.8. The Morgan fingerprint density at radius 1 is 1.09 bits per heavy atom. The van der Waals surface area contributed by atoms with Crippen LogP contribution in [0.3, 0.4) is 0 Å². The van der Waals surface area contributed by atoms with Gasteiger partial charge in [0.05, 0.1) is 18.7 Å². The van der Waals surface area contributed by atoms with E-state index in [4.69, 9.17) is 24.1 Å². The predicted molar refractivity (Wildman–Crippen MR) is 80.0 cm³/mol. The van der Waals surface area contributed by atoms with Gasteiger partial charge in [0, 0.05) is 0 Å². The molecule has 0 amide bonds. The lowest BCUT2D eigenvalue weighted by Crippen LogP contribution is -2.21. The van der Waals surface area contributed by atoms with E-state index in [9.17, 15) is 9.36 Å². The van der Waals surface area contributed by atoms with Crippen LogP contribution in [-0.4, -0.2) is 34.7 Å². The molecule has 0 rings (SSSR count). The van der Waals surface area contributed by atoms with Crippen LogP contribution < -0.4 is 0 Å². The van der Waals surface area contributed by atoms with Gasteiger partial charge in [0.2, 0.25) is 0 Å². The van der Waals surface area contributed by atoms with E-state index < -0.39 is 25.6 Å². The SMILES string of the molecule is CCCCCCCCOC(=O)C(CC)CP(=O)(O)O.O=C=O. The highest BCUT2D eigenvalue weighted by Gasteiger charge is 2.26. The zero-order valence-electron chi connectivity index (χ0n) is 13.3. The molecule has 8 heteroatoms. The molecule has 0 heterocycles. The minimum atomic E-state index is -4.15. The van der Waals surface area contributed by atoms with E-state index in [-0.39, 0.29) is 6.15 Å². The summed E-state index contributed by atoms with van der Waals surface area (Å²) in [5.41, 5.74) is 0. The summed E-state index contributed by atoms with van der Waals surface area (Å²) in [6, 6.07) is 0. The quantitative estimate of drug-likeness (QED) is 0.337. The predicted octanol–water partition coefficient (Wildman–Crippen LogP) is 2.51. The average molecular weight is 338 g/mol. The third-order valence-electron chi connectivity index (χ3n) is 3.03. The molecule has 0 aliphatic rings. The minimum Gasteiger partial charge on any atom is -0.465 e. The number of carbonyl (C=O) groups is 1. The Morgan fingerprint density at radius 2 is 1.59 bits per heavy atom. The third kappa shape index (κ3) is 17.1. The molecule has 0 aromatic carbocycles. The smallest absolute Gasteiger partial charge is 0.373 e. The summed E-state index contributed by atoms with van der Waals surface area (Å²) in [6.07, 6.45) is 6.87. The monoisotopic (exact) mass is 338 g/mol. The molecule has 0 bridgehead atoms. The first-order valence-electron chi connectivity index (χ1n) is 7.52. The Balaban J connectivity index is 0. The van der Waals surface area contributed by atoms with Gasteiger partial charge in [-0.3, -0.25) is 9.36 Å². The van der Waals surface area contributed by atoms with Crippen molar-refractivity contribution in [3.05, 3.63) is 0 Å². The van der Waals surface area contributed by atoms with Crippen LogP contribution in [0.2, 0.25) is 0 Å². The number of esters is 1. The Bertz CT molecular complexity index is 358. The molecule has 0 aliphatic carbocycles. The molecule has 0 saturated heterocycles. The van der Waals surface area contributed by atoms with Gasteiger partial charge in [-0.05, 0) is 12.8 Å². The molecule has 130 valence electrons. The van der Waals surface area contributed by atoms with Crippen molar-refractivity contribution < 1.29 is 33.5 Å². The van der Waals surface area contributed by atoms with Crippen molar-refractivity contribution in [1.82, 2.24) is 0 Å². The molecule has 2 N–H and O–H groups in total. The van der Waals surface area contributed by atoms with Crippen LogP contribution in [0.5, 0.6) is 0 Å². The summed E-state index contributed by atoms with van der Waals surface area (Å²) in [6.45, 7) is 4.24. The van der Waals surface area contributed by atoms with Crippen LogP contribution in [0.1, 0.15) is 58.8 Å². The van der Waals surface area contributed by atoms with Crippen molar-refractivity contribution in [2.24, 2.45) is 5.92 Å². The van der Waals surface area contributed by atoms with Gasteiger partial charge in [0.1, 0.15) is 0 Å².